The molecule has 0 aromatic rings. The molecule has 1 atom stereocenters. The minimum absolute atomic E-state index is 0.143. The molecule has 59 heavy (non-hydrogen) atoms. The molecule has 0 rings (SSSR count). The van der Waals surface area contributed by atoms with Gasteiger partial charge in [-0.15, -0.1) is 0 Å². The van der Waals surface area contributed by atoms with Crippen molar-refractivity contribution in [3.05, 3.63) is 134 Å². The third kappa shape index (κ3) is 44.5. The highest BCUT2D eigenvalue weighted by Crippen LogP contribution is 2.09. The van der Waals surface area contributed by atoms with Crippen LogP contribution in [0.15, 0.2) is 134 Å². The molecule has 0 radical (unpaired) electrons. The Bertz CT molecular complexity index is 1350. The van der Waals surface area contributed by atoms with E-state index in [9.17, 15) is 14.4 Å². The summed E-state index contributed by atoms with van der Waals surface area (Å²) in [6.45, 7) is 6.17. The van der Waals surface area contributed by atoms with E-state index in [2.05, 4.69) is 118 Å². The zero-order valence-corrected chi connectivity index (χ0v) is 37.2. The highest BCUT2D eigenvalue weighted by molar-refractivity contribution is 5.71. The molecule has 328 valence electrons. The standard InChI is InChI=1S/C53H80O6/c1-4-7-10-13-16-19-22-24-25-26-27-29-31-34-37-40-43-46-52(55)58-49-50(48-57-51(54)45-42-39-36-33-30-21-18-15-12-9-6-3)59-53(56)47-44-41-38-35-32-28-23-20-17-14-11-8-5-2/h8-9,11-12,14,16-21,23-25,27-29,32-34,36-37,50H,4-7,10,13,15,22,26,30-31,35,38-49H2,1-3H3/b11-8-,12-9-,17-14-,19-16-,21-18-,23-20-,25-24-,29-27-,32-28-,36-33-,37-34-. The lowest BCUT2D eigenvalue weighted by molar-refractivity contribution is -0.167. The summed E-state index contributed by atoms with van der Waals surface area (Å²) in [4.78, 5) is 37.7. The fraction of sp³-hybridized carbons (Fsp3) is 0.528. The molecule has 0 heterocycles. The molecule has 6 nitrogen and oxygen atoms in total. The van der Waals surface area contributed by atoms with Crippen molar-refractivity contribution in [3.63, 3.8) is 0 Å². The molecule has 0 bridgehead atoms. The fourth-order valence-electron chi connectivity index (χ4n) is 5.35. The lowest BCUT2D eigenvalue weighted by Crippen LogP contribution is -2.30. The van der Waals surface area contributed by atoms with Gasteiger partial charge < -0.3 is 14.2 Å². The van der Waals surface area contributed by atoms with Crippen LogP contribution in [0.5, 0.6) is 0 Å². The van der Waals surface area contributed by atoms with Gasteiger partial charge in [-0.05, 0) is 103 Å². The first kappa shape index (κ1) is 54.6. The van der Waals surface area contributed by atoms with Crippen LogP contribution in [0.1, 0.15) is 162 Å². The Labute approximate surface area is 360 Å². The summed E-state index contributed by atoms with van der Waals surface area (Å²) in [7, 11) is 0. The maximum absolute atomic E-state index is 12.7. The van der Waals surface area contributed by atoms with Crippen molar-refractivity contribution in [3.8, 4) is 0 Å². The van der Waals surface area contributed by atoms with Crippen LogP contribution in [0.4, 0.5) is 0 Å². The van der Waals surface area contributed by atoms with E-state index in [4.69, 9.17) is 14.2 Å². The average molecular weight is 813 g/mol. The molecular weight excluding hydrogens is 733 g/mol. The van der Waals surface area contributed by atoms with Crippen molar-refractivity contribution < 1.29 is 28.6 Å². The van der Waals surface area contributed by atoms with Gasteiger partial charge in [0.05, 0.1) is 0 Å². The van der Waals surface area contributed by atoms with Gasteiger partial charge >= 0.3 is 17.9 Å². The zero-order chi connectivity index (χ0) is 43.0. The highest BCUT2D eigenvalue weighted by Gasteiger charge is 2.19. The number of ether oxygens (including phenoxy) is 3. The highest BCUT2D eigenvalue weighted by atomic mass is 16.6. The van der Waals surface area contributed by atoms with E-state index in [0.717, 1.165) is 77.0 Å². The second kappa shape index (κ2) is 46.2. The Morgan fingerprint density at radius 3 is 1.25 bits per heavy atom. The smallest absolute Gasteiger partial charge is 0.306 e. The SMILES string of the molecule is CC\C=C/C=C\C=C/C=C\CCCCCC(=O)OC(COC(=O)CCC/C=C\C/C=C\C/C=C\CC)COC(=O)CCC/C=C\C/C=C\C/C=C\C/C=C\CCCCC. The van der Waals surface area contributed by atoms with Crippen molar-refractivity contribution in [2.75, 3.05) is 13.2 Å². The lowest BCUT2D eigenvalue weighted by Gasteiger charge is -2.18. The normalized spacial score (nSPS) is 13.3. The van der Waals surface area contributed by atoms with Gasteiger partial charge in [0.15, 0.2) is 6.10 Å². The summed E-state index contributed by atoms with van der Waals surface area (Å²) in [5, 5.41) is 0. The van der Waals surface area contributed by atoms with Crippen LogP contribution in [0.25, 0.3) is 0 Å². The van der Waals surface area contributed by atoms with E-state index in [-0.39, 0.29) is 50.4 Å². The molecule has 6 heteroatoms. The molecule has 0 saturated heterocycles. The second-order valence-corrected chi connectivity index (χ2v) is 14.3. The average Bonchev–Trinajstić information content (AvgIpc) is 3.23. The van der Waals surface area contributed by atoms with Gasteiger partial charge in [-0.2, -0.15) is 0 Å². The summed E-state index contributed by atoms with van der Waals surface area (Å²) in [5.41, 5.74) is 0. The second-order valence-electron chi connectivity index (χ2n) is 14.3. The largest absolute Gasteiger partial charge is 0.462 e. The minimum atomic E-state index is -0.843. The van der Waals surface area contributed by atoms with Gasteiger partial charge in [0, 0.05) is 19.3 Å². The molecule has 0 N–H and O–H groups in total. The van der Waals surface area contributed by atoms with Gasteiger partial charge in [-0.1, -0.05) is 174 Å². The fourth-order valence-corrected chi connectivity index (χ4v) is 5.35. The van der Waals surface area contributed by atoms with E-state index < -0.39 is 6.10 Å². The van der Waals surface area contributed by atoms with E-state index in [0.29, 0.717) is 19.3 Å². The van der Waals surface area contributed by atoms with Gasteiger partial charge in [-0.3, -0.25) is 14.4 Å². The lowest BCUT2D eigenvalue weighted by atomic mass is 10.1. The quantitative estimate of drug-likeness (QED) is 0.0203. The third-order valence-electron chi connectivity index (χ3n) is 8.71. The van der Waals surface area contributed by atoms with Crippen LogP contribution >= 0.6 is 0 Å². The van der Waals surface area contributed by atoms with Crippen molar-refractivity contribution >= 4 is 17.9 Å². The van der Waals surface area contributed by atoms with Crippen molar-refractivity contribution in [1.82, 2.24) is 0 Å². The van der Waals surface area contributed by atoms with Crippen molar-refractivity contribution in [1.29, 1.82) is 0 Å². The van der Waals surface area contributed by atoms with Crippen LogP contribution < -0.4 is 0 Å². The molecule has 0 aromatic carbocycles. The molecule has 0 aliphatic rings. The Kier molecular flexibility index (Phi) is 42.8. The van der Waals surface area contributed by atoms with E-state index in [1.165, 1.54) is 25.7 Å². The molecule has 0 saturated carbocycles. The number of carbonyl (C=O) groups is 3. The number of allylic oxidation sites excluding steroid dienone is 22. The Morgan fingerprint density at radius 1 is 0.373 bits per heavy atom. The number of esters is 3. The van der Waals surface area contributed by atoms with Crippen molar-refractivity contribution in [2.45, 2.75) is 168 Å². The maximum atomic E-state index is 12.7. The molecule has 0 amide bonds. The number of hydrogen-bond acceptors (Lipinski definition) is 6. The van der Waals surface area contributed by atoms with Crippen LogP contribution in [-0.2, 0) is 28.6 Å². The van der Waals surface area contributed by atoms with Crippen LogP contribution in [0.3, 0.4) is 0 Å². The first-order chi connectivity index (χ1) is 29.0. The summed E-state index contributed by atoms with van der Waals surface area (Å²) >= 11 is 0. The maximum Gasteiger partial charge on any atom is 0.306 e. The van der Waals surface area contributed by atoms with E-state index in [1.54, 1.807) is 0 Å². The van der Waals surface area contributed by atoms with E-state index >= 15 is 0 Å². The number of unbranched alkanes of at least 4 members (excludes halogenated alkanes) is 8. The number of hydrogen-bond donors (Lipinski definition) is 0. The molecule has 0 aliphatic heterocycles. The number of carbonyl (C=O) groups excluding carboxylic acids is 3. The summed E-state index contributed by atoms with van der Waals surface area (Å²) in [6.07, 6.45) is 64.5. The first-order valence-electron chi connectivity index (χ1n) is 22.7. The zero-order valence-electron chi connectivity index (χ0n) is 37.2. The molecule has 0 fully saturated rings. The molecule has 0 aromatic heterocycles. The van der Waals surface area contributed by atoms with E-state index in [1.807, 2.05) is 36.5 Å². The molecule has 0 aliphatic carbocycles. The monoisotopic (exact) mass is 813 g/mol. The van der Waals surface area contributed by atoms with Crippen LogP contribution in [0.2, 0.25) is 0 Å². The summed E-state index contributed by atoms with van der Waals surface area (Å²) in [6, 6.07) is 0. The Balaban J connectivity index is 4.62. The predicted molar refractivity (Wildman–Crippen MR) is 251 cm³/mol. The molecule has 1 unspecified atom stereocenters. The van der Waals surface area contributed by atoms with Crippen LogP contribution in [-0.4, -0.2) is 37.2 Å². The first-order valence-corrected chi connectivity index (χ1v) is 22.7. The van der Waals surface area contributed by atoms with Crippen LogP contribution in [0, 0.1) is 0 Å². The molecular formula is C53H80O6. The topological polar surface area (TPSA) is 78.9 Å². The minimum Gasteiger partial charge on any atom is -0.462 e. The summed E-state index contributed by atoms with van der Waals surface area (Å²) in [5.74, 6) is -1.11. The van der Waals surface area contributed by atoms with Gasteiger partial charge in [0.1, 0.15) is 13.2 Å². The van der Waals surface area contributed by atoms with Gasteiger partial charge in [0.2, 0.25) is 0 Å². The van der Waals surface area contributed by atoms with Gasteiger partial charge in [0.25, 0.3) is 0 Å². The Hall–Kier alpha value is -4.45. The Morgan fingerprint density at radius 2 is 0.763 bits per heavy atom. The molecule has 0 spiro atoms. The summed E-state index contributed by atoms with van der Waals surface area (Å²) < 4.78 is 16.6. The van der Waals surface area contributed by atoms with Crippen molar-refractivity contribution in [2.24, 2.45) is 0 Å². The number of rotatable bonds is 38. The third-order valence-corrected chi connectivity index (χ3v) is 8.71. The predicted octanol–water partition coefficient (Wildman–Crippen LogP) is 14.7. The van der Waals surface area contributed by atoms with Gasteiger partial charge in [-0.25, -0.2) is 0 Å².